The molecule has 2 aromatic rings. The molecule has 122 valence electrons. The highest BCUT2D eigenvalue weighted by molar-refractivity contribution is 5.73. The standard InChI is InChI=1S/C18H19F2NO2/c1-9-4-10(2)17(11(3)5-9)12-6-13(15(21)8-16(22)23)18(20)14(19)7-12/h4-7,15H,8,21H2,1-3H3,(H,22,23). The first-order valence-corrected chi connectivity index (χ1v) is 7.25. The van der Waals surface area contributed by atoms with Gasteiger partial charge in [0, 0.05) is 11.6 Å². The van der Waals surface area contributed by atoms with Crippen molar-refractivity contribution in [2.24, 2.45) is 5.73 Å². The number of rotatable bonds is 4. The Bertz CT molecular complexity index is 749. The molecule has 0 amide bonds. The van der Waals surface area contributed by atoms with Crippen LogP contribution in [0.15, 0.2) is 24.3 Å². The molecule has 2 rings (SSSR count). The number of halogens is 2. The van der Waals surface area contributed by atoms with Gasteiger partial charge < -0.3 is 10.8 Å². The van der Waals surface area contributed by atoms with Gasteiger partial charge in [-0.1, -0.05) is 17.7 Å². The molecular weight excluding hydrogens is 300 g/mol. The minimum absolute atomic E-state index is 0.123. The van der Waals surface area contributed by atoms with E-state index < -0.39 is 30.1 Å². The van der Waals surface area contributed by atoms with Crippen molar-refractivity contribution in [2.75, 3.05) is 0 Å². The van der Waals surface area contributed by atoms with Crippen molar-refractivity contribution in [3.8, 4) is 11.1 Å². The fraction of sp³-hybridized carbons (Fsp3) is 0.278. The molecule has 0 bridgehead atoms. The third-order valence-electron chi connectivity index (χ3n) is 3.82. The average Bonchev–Trinajstić information content (AvgIpc) is 2.40. The van der Waals surface area contributed by atoms with Crippen molar-refractivity contribution >= 4 is 5.97 Å². The van der Waals surface area contributed by atoms with E-state index in [2.05, 4.69) is 0 Å². The number of nitrogens with two attached hydrogens (primary N) is 1. The number of aliphatic carboxylic acids is 1. The Hall–Kier alpha value is -2.27. The highest BCUT2D eigenvalue weighted by Gasteiger charge is 2.20. The summed E-state index contributed by atoms with van der Waals surface area (Å²) >= 11 is 0. The largest absolute Gasteiger partial charge is 0.481 e. The number of benzene rings is 2. The van der Waals surface area contributed by atoms with Crippen molar-refractivity contribution in [1.29, 1.82) is 0 Å². The molecule has 0 saturated carbocycles. The van der Waals surface area contributed by atoms with E-state index in [1.54, 1.807) is 0 Å². The van der Waals surface area contributed by atoms with Gasteiger partial charge in [-0.05, 0) is 55.2 Å². The third kappa shape index (κ3) is 3.56. The maximum atomic E-state index is 14.0. The Morgan fingerprint density at radius 1 is 1.13 bits per heavy atom. The van der Waals surface area contributed by atoms with Crippen LogP contribution in [-0.4, -0.2) is 11.1 Å². The number of carboxylic acids is 1. The summed E-state index contributed by atoms with van der Waals surface area (Å²) in [7, 11) is 0. The second-order valence-corrected chi connectivity index (χ2v) is 5.84. The highest BCUT2D eigenvalue weighted by atomic mass is 19.2. The van der Waals surface area contributed by atoms with Crippen LogP contribution in [-0.2, 0) is 4.79 Å². The molecule has 0 saturated heterocycles. The number of aryl methyl sites for hydroxylation is 3. The van der Waals surface area contributed by atoms with Crippen molar-refractivity contribution in [2.45, 2.75) is 33.2 Å². The van der Waals surface area contributed by atoms with Crippen molar-refractivity contribution in [3.63, 3.8) is 0 Å². The summed E-state index contributed by atoms with van der Waals surface area (Å²) in [5.74, 6) is -3.28. The van der Waals surface area contributed by atoms with Crippen molar-refractivity contribution in [3.05, 3.63) is 58.2 Å². The first kappa shape index (κ1) is 17.1. The molecule has 1 atom stereocenters. The van der Waals surface area contributed by atoms with Crippen molar-refractivity contribution in [1.82, 2.24) is 0 Å². The number of hydrogen-bond acceptors (Lipinski definition) is 2. The molecule has 0 aliphatic heterocycles. The Morgan fingerprint density at radius 3 is 2.22 bits per heavy atom. The van der Waals surface area contributed by atoms with Gasteiger partial charge in [0.05, 0.1) is 6.42 Å². The predicted octanol–water partition coefficient (Wildman–Crippen LogP) is 4.03. The van der Waals surface area contributed by atoms with Crippen LogP contribution in [0, 0.1) is 32.4 Å². The van der Waals surface area contributed by atoms with E-state index in [-0.39, 0.29) is 5.56 Å². The predicted molar refractivity (Wildman–Crippen MR) is 85.2 cm³/mol. The zero-order valence-electron chi connectivity index (χ0n) is 13.3. The summed E-state index contributed by atoms with van der Waals surface area (Å²) < 4.78 is 28.0. The van der Waals surface area contributed by atoms with Gasteiger partial charge in [0.1, 0.15) is 0 Å². The fourth-order valence-electron chi connectivity index (χ4n) is 2.96. The molecule has 3 N–H and O–H groups in total. The number of carbonyl (C=O) groups is 1. The van der Waals surface area contributed by atoms with Crippen molar-refractivity contribution < 1.29 is 18.7 Å². The van der Waals surface area contributed by atoms with Crippen LogP contribution >= 0.6 is 0 Å². The number of carboxylic acid groups (broad SMARTS) is 1. The average molecular weight is 319 g/mol. The Labute approximate surface area is 133 Å². The molecule has 0 aliphatic carbocycles. The topological polar surface area (TPSA) is 63.3 Å². The molecule has 0 aromatic heterocycles. The first-order valence-electron chi connectivity index (χ1n) is 7.25. The van der Waals surface area contributed by atoms with Crippen LogP contribution < -0.4 is 5.73 Å². The van der Waals surface area contributed by atoms with Crippen LogP contribution in [0.1, 0.15) is 34.7 Å². The molecule has 5 heteroatoms. The Balaban J connectivity index is 2.62. The molecule has 0 radical (unpaired) electrons. The molecule has 1 unspecified atom stereocenters. The summed E-state index contributed by atoms with van der Waals surface area (Å²) in [6.45, 7) is 5.75. The quantitative estimate of drug-likeness (QED) is 0.894. The molecule has 2 aromatic carbocycles. The van der Waals surface area contributed by atoms with E-state index in [9.17, 15) is 13.6 Å². The van der Waals surface area contributed by atoms with Crippen LogP contribution in [0.3, 0.4) is 0 Å². The van der Waals surface area contributed by atoms with E-state index in [0.717, 1.165) is 28.3 Å². The van der Waals surface area contributed by atoms with Gasteiger partial charge in [0.15, 0.2) is 11.6 Å². The molecule has 0 aliphatic rings. The molecule has 0 heterocycles. The Morgan fingerprint density at radius 2 is 1.70 bits per heavy atom. The lowest BCUT2D eigenvalue weighted by Gasteiger charge is -2.16. The van der Waals surface area contributed by atoms with Gasteiger partial charge in [-0.25, -0.2) is 8.78 Å². The second kappa shape index (κ2) is 6.46. The van der Waals surface area contributed by atoms with E-state index in [1.165, 1.54) is 6.07 Å². The third-order valence-corrected chi connectivity index (χ3v) is 3.82. The van der Waals surface area contributed by atoms with Crippen LogP contribution in [0.4, 0.5) is 8.78 Å². The van der Waals surface area contributed by atoms with Gasteiger partial charge in [0.2, 0.25) is 0 Å². The maximum Gasteiger partial charge on any atom is 0.305 e. The summed E-state index contributed by atoms with van der Waals surface area (Å²) in [5.41, 5.74) is 9.85. The normalized spacial score (nSPS) is 12.3. The number of hydrogen-bond donors (Lipinski definition) is 2. The smallest absolute Gasteiger partial charge is 0.305 e. The molecule has 3 nitrogen and oxygen atoms in total. The fourth-order valence-corrected chi connectivity index (χ4v) is 2.96. The first-order chi connectivity index (χ1) is 10.7. The second-order valence-electron chi connectivity index (χ2n) is 5.84. The lowest BCUT2D eigenvalue weighted by molar-refractivity contribution is -0.137. The SMILES string of the molecule is Cc1cc(C)c(-c2cc(F)c(F)c(C(N)CC(=O)O)c2)c(C)c1. The zero-order valence-corrected chi connectivity index (χ0v) is 13.3. The van der Waals surface area contributed by atoms with Gasteiger partial charge in [-0.2, -0.15) is 0 Å². The molecular formula is C18H19F2NO2. The van der Waals surface area contributed by atoms with Gasteiger partial charge in [-0.3, -0.25) is 4.79 Å². The summed E-state index contributed by atoms with van der Waals surface area (Å²) in [6.07, 6.45) is -0.467. The molecule has 0 fully saturated rings. The minimum atomic E-state index is -1.16. The summed E-state index contributed by atoms with van der Waals surface area (Å²) in [4.78, 5) is 10.8. The van der Waals surface area contributed by atoms with E-state index in [4.69, 9.17) is 10.8 Å². The van der Waals surface area contributed by atoms with E-state index in [1.807, 2.05) is 32.9 Å². The molecule has 23 heavy (non-hydrogen) atoms. The van der Waals surface area contributed by atoms with Gasteiger partial charge in [0.25, 0.3) is 0 Å². The highest BCUT2D eigenvalue weighted by Crippen LogP contribution is 2.32. The van der Waals surface area contributed by atoms with Crippen LogP contribution in [0.25, 0.3) is 11.1 Å². The van der Waals surface area contributed by atoms with E-state index in [0.29, 0.717) is 5.56 Å². The monoisotopic (exact) mass is 319 g/mol. The minimum Gasteiger partial charge on any atom is -0.481 e. The lowest BCUT2D eigenvalue weighted by Crippen LogP contribution is -2.17. The lowest BCUT2D eigenvalue weighted by atomic mass is 9.91. The van der Waals surface area contributed by atoms with Crippen LogP contribution in [0.2, 0.25) is 0 Å². The van der Waals surface area contributed by atoms with Gasteiger partial charge in [-0.15, -0.1) is 0 Å². The maximum absolute atomic E-state index is 14.0. The van der Waals surface area contributed by atoms with E-state index >= 15 is 0 Å². The molecule has 0 spiro atoms. The zero-order chi connectivity index (χ0) is 17.3. The van der Waals surface area contributed by atoms with Crippen LogP contribution in [0.5, 0.6) is 0 Å². The summed E-state index contributed by atoms with van der Waals surface area (Å²) in [6, 6.07) is 5.38. The van der Waals surface area contributed by atoms with Gasteiger partial charge >= 0.3 is 5.97 Å². The Kier molecular flexibility index (Phi) is 4.80. The summed E-state index contributed by atoms with van der Waals surface area (Å²) in [5, 5.41) is 8.81.